The van der Waals surface area contributed by atoms with Gasteiger partial charge >= 0.3 is 5.20 Å². The molecule has 6 N–H and O–H groups in total. The van der Waals surface area contributed by atoms with Gasteiger partial charge in [0.1, 0.15) is 11.5 Å². The van der Waals surface area contributed by atoms with Gasteiger partial charge in [0.25, 0.3) is 0 Å². The number of carbonyl (C=O) groups is 1. The fraction of sp³-hybridized carbons (Fsp3) is 0.480. The highest BCUT2D eigenvalue weighted by Crippen LogP contribution is 2.61. The molecule has 0 saturated carbocycles. The summed E-state index contributed by atoms with van der Waals surface area (Å²) in [6.07, 6.45) is 0.531. The van der Waals surface area contributed by atoms with Crippen molar-refractivity contribution in [3.63, 3.8) is 0 Å². The molecule has 4 unspecified atom stereocenters. The predicted octanol–water partition coefficient (Wildman–Crippen LogP) is 4.77. The minimum atomic E-state index is -3.22. The normalized spacial score (nSPS) is 24.8. The van der Waals surface area contributed by atoms with E-state index < -0.39 is 29.6 Å². The topological polar surface area (TPSA) is 162 Å². The number of hydrogen-bond donors (Lipinski definition) is 6. The van der Waals surface area contributed by atoms with Gasteiger partial charge in [-0.2, -0.15) is 0 Å². The number of rotatable bonds is 1. The van der Waals surface area contributed by atoms with Gasteiger partial charge in [0.2, 0.25) is 0 Å². The largest absolute Gasteiger partial charge is 0.507 e. The number of benzene rings is 2. The van der Waals surface area contributed by atoms with Gasteiger partial charge in [-0.3, -0.25) is 9.36 Å². The van der Waals surface area contributed by atoms with E-state index in [-0.39, 0.29) is 17.1 Å². The van der Waals surface area contributed by atoms with Gasteiger partial charge in [-0.15, -0.1) is 0 Å². The summed E-state index contributed by atoms with van der Waals surface area (Å²) in [5.74, 6) is -0.0277. The maximum absolute atomic E-state index is 11.0. The number of nitrogens with zero attached hydrogens (tertiary/aromatic N) is 2. The first-order valence-electron chi connectivity index (χ1n) is 12.4. The van der Waals surface area contributed by atoms with Crippen LogP contribution in [0.1, 0.15) is 82.7 Å². The molecular formula is C25H30Cl3N2O8P. The Morgan fingerprint density at radius 3 is 1.69 bits per heavy atom. The Hall–Kier alpha value is -1.75. The summed E-state index contributed by atoms with van der Waals surface area (Å²) in [4.78, 5) is 15.2. The third-order valence-corrected chi connectivity index (χ3v) is 7.43. The summed E-state index contributed by atoms with van der Waals surface area (Å²) in [7, 11) is 0. The van der Waals surface area contributed by atoms with Gasteiger partial charge in [-0.25, -0.2) is 0 Å². The number of phenols is 2. The molecule has 0 fully saturated rings. The Labute approximate surface area is 239 Å². The highest BCUT2D eigenvalue weighted by Gasteiger charge is 2.36. The number of aromatic hydroxyl groups is 2. The van der Waals surface area contributed by atoms with Crippen LogP contribution in [0.3, 0.4) is 0 Å². The number of anilines is 2. The number of hydrogen-bond acceptors (Lipinski definition) is 10. The lowest BCUT2D eigenvalue weighted by molar-refractivity contribution is 0.111. The molecular weight excluding hydrogens is 594 g/mol. The maximum Gasteiger partial charge on any atom is 0.339 e. The van der Waals surface area contributed by atoms with E-state index in [0.717, 1.165) is 24.3 Å². The molecule has 4 aliphatic rings. The molecule has 14 heteroatoms. The summed E-state index contributed by atoms with van der Waals surface area (Å²) in [5.41, 5.74) is 4.12. The second kappa shape index (κ2) is 12.0. The number of carbonyl (C=O) groups excluding carboxylic acids is 1. The molecule has 0 amide bonds. The number of aldehydes is 1. The lowest BCUT2D eigenvalue weighted by atomic mass is 9.86. The molecule has 0 bridgehead atoms. The van der Waals surface area contributed by atoms with Crippen LogP contribution < -0.4 is 9.80 Å². The van der Waals surface area contributed by atoms with E-state index >= 15 is 0 Å². The van der Waals surface area contributed by atoms with E-state index in [1.165, 1.54) is 6.07 Å². The van der Waals surface area contributed by atoms with Gasteiger partial charge in [-0.1, -0.05) is 6.07 Å². The van der Waals surface area contributed by atoms with Crippen molar-refractivity contribution in [2.24, 2.45) is 0 Å². The third kappa shape index (κ3) is 6.44. The fourth-order valence-electron chi connectivity index (χ4n) is 5.69. The van der Waals surface area contributed by atoms with Crippen molar-refractivity contribution < 1.29 is 40.0 Å². The Kier molecular flexibility index (Phi) is 9.30. The van der Waals surface area contributed by atoms with Crippen LogP contribution in [0.4, 0.5) is 11.4 Å². The van der Waals surface area contributed by atoms with Crippen LogP contribution in [0.5, 0.6) is 11.5 Å². The lowest BCUT2D eigenvalue weighted by Crippen LogP contribution is -2.37. The van der Waals surface area contributed by atoms with E-state index in [2.05, 4.69) is 43.5 Å². The predicted molar refractivity (Wildman–Crippen MR) is 149 cm³/mol. The molecule has 2 aromatic rings. The van der Waals surface area contributed by atoms with Gasteiger partial charge in [0.15, 0.2) is 6.29 Å². The molecule has 4 heterocycles. The second-order valence-electron chi connectivity index (χ2n) is 9.81. The lowest BCUT2D eigenvalue weighted by Gasteiger charge is -2.40. The zero-order chi connectivity index (χ0) is 28.6. The van der Waals surface area contributed by atoms with Crippen LogP contribution in [0.2, 0.25) is 0 Å². The molecule has 4 atom stereocenters. The van der Waals surface area contributed by atoms with E-state index in [1.54, 1.807) is 12.1 Å². The van der Waals surface area contributed by atoms with Crippen LogP contribution in [-0.2, 0) is 4.57 Å². The van der Waals surface area contributed by atoms with Crippen molar-refractivity contribution >= 4 is 56.6 Å². The molecule has 0 aliphatic carbocycles. The molecule has 6 rings (SSSR count). The molecule has 0 saturated heterocycles. The first-order chi connectivity index (χ1) is 18.3. The zero-order valence-corrected chi connectivity index (χ0v) is 23.9. The minimum Gasteiger partial charge on any atom is -0.507 e. The first kappa shape index (κ1) is 30.2. The molecule has 0 spiro atoms. The van der Waals surface area contributed by atoms with Crippen LogP contribution >= 0.6 is 38.9 Å². The van der Waals surface area contributed by atoms with E-state index in [1.807, 2.05) is 0 Å². The van der Waals surface area contributed by atoms with Gasteiger partial charge in [0.05, 0.1) is 41.4 Å². The Balaban J connectivity index is 0.000000156. The summed E-state index contributed by atoms with van der Waals surface area (Å²) < 4.78 is 9.51. The van der Waals surface area contributed by atoms with E-state index in [4.69, 9.17) is 0 Å². The standard InChI is InChI=1S/C13H15NO4.C12H15NO3.Cl3OP/c15-6-7-5-8-9(16)1-3-14-4-2-10(17)11(12(8)14)13(7)18;14-8-3-5-13-6-4-10(16)11-9(15)2-1-7(8)12(11)13;1-5(2,3)4/h5-6,9-10,16-18H,1-4H2;1-2,8,10,14-16H,3-6H2;. The average molecular weight is 624 g/mol. The van der Waals surface area contributed by atoms with Crippen LogP contribution in [0.25, 0.3) is 0 Å². The Morgan fingerprint density at radius 1 is 0.744 bits per heavy atom. The van der Waals surface area contributed by atoms with Crippen molar-refractivity contribution in [1.29, 1.82) is 0 Å². The van der Waals surface area contributed by atoms with Gasteiger partial charge in [0, 0.05) is 48.4 Å². The molecule has 214 valence electrons. The third-order valence-electron chi connectivity index (χ3n) is 7.43. The van der Waals surface area contributed by atoms with Gasteiger partial charge < -0.3 is 40.4 Å². The van der Waals surface area contributed by atoms with Crippen LogP contribution in [-0.4, -0.2) is 63.1 Å². The van der Waals surface area contributed by atoms with Gasteiger partial charge in [-0.05, 0) is 71.5 Å². The summed E-state index contributed by atoms with van der Waals surface area (Å²) in [5, 5.41) is 56.5. The molecule has 39 heavy (non-hydrogen) atoms. The number of halogens is 3. The summed E-state index contributed by atoms with van der Waals surface area (Å²) >= 11 is 13.8. The molecule has 0 aromatic heterocycles. The average Bonchev–Trinajstić information content (AvgIpc) is 2.87. The van der Waals surface area contributed by atoms with Crippen molar-refractivity contribution in [1.82, 2.24) is 0 Å². The Bertz CT molecular complexity index is 1280. The number of phenolic OH excluding ortho intramolecular Hbond substituents is 2. The Morgan fingerprint density at radius 2 is 1.18 bits per heavy atom. The monoisotopic (exact) mass is 622 g/mol. The smallest absolute Gasteiger partial charge is 0.339 e. The maximum atomic E-state index is 11.0. The fourth-order valence-corrected chi connectivity index (χ4v) is 5.69. The second-order valence-corrected chi connectivity index (χ2v) is 16.5. The van der Waals surface area contributed by atoms with Crippen molar-refractivity contribution in [2.75, 3.05) is 36.0 Å². The molecule has 4 aliphatic heterocycles. The highest BCUT2D eigenvalue weighted by atomic mass is 36.0. The molecule has 10 nitrogen and oxygen atoms in total. The highest BCUT2D eigenvalue weighted by molar-refractivity contribution is 8.24. The zero-order valence-electron chi connectivity index (χ0n) is 20.8. The molecule has 2 aromatic carbocycles. The number of aliphatic hydroxyl groups excluding tert-OH is 4. The van der Waals surface area contributed by atoms with Crippen LogP contribution in [0, 0.1) is 0 Å². The van der Waals surface area contributed by atoms with Crippen LogP contribution in [0.15, 0.2) is 18.2 Å². The minimum absolute atomic E-state index is 0.130. The molecule has 0 radical (unpaired) electrons. The summed E-state index contributed by atoms with van der Waals surface area (Å²) in [6.45, 7) is 2.98. The van der Waals surface area contributed by atoms with Crippen molar-refractivity contribution in [3.8, 4) is 11.5 Å². The van der Waals surface area contributed by atoms with Crippen molar-refractivity contribution in [2.45, 2.75) is 50.1 Å². The summed E-state index contributed by atoms with van der Waals surface area (Å²) in [6, 6.07) is 4.84. The van der Waals surface area contributed by atoms with E-state index in [9.17, 15) is 40.0 Å². The van der Waals surface area contributed by atoms with Crippen molar-refractivity contribution in [3.05, 3.63) is 46.0 Å². The van der Waals surface area contributed by atoms with E-state index in [0.29, 0.717) is 67.4 Å². The number of aliphatic hydroxyl groups is 4. The SMILES string of the molecule is O=Cc1cc2c3c(c1O)C(O)CCN3CCC2O.O=P(Cl)(Cl)Cl.Oc1ccc2c3c1C(O)CCN3CCC2O. The first-order valence-corrected chi connectivity index (χ1v) is 16.9. The quantitative estimate of drug-likeness (QED) is 0.193.